The molecule has 166 valence electrons. The second-order valence-corrected chi connectivity index (χ2v) is 10.2. The van der Waals surface area contributed by atoms with Crippen LogP contribution in [0.2, 0.25) is 0 Å². The van der Waals surface area contributed by atoms with Gasteiger partial charge < -0.3 is 4.90 Å². The van der Waals surface area contributed by atoms with Crippen molar-refractivity contribution in [1.82, 2.24) is 19.0 Å². The van der Waals surface area contributed by atoms with Gasteiger partial charge in [-0.3, -0.25) is 9.48 Å². The maximum Gasteiger partial charge on any atom is 0.274 e. The van der Waals surface area contributed by atoms with Gasteiger partial charge in [0, 0.05) is 38.4 Å². The normalized spacial score (nSPS) is 17.2. The van der Waals surface area contributed by atoms with Gasteiger partial charge in [0.25, 0.3) is 5.91 Å². The van der Waals surface area contributed by atoms with E-state index in [4.69, 9.17) is 0 Å². The Kier molecular flexibility index (Phi) is 5.57. The van der Waals surface area contributed by atoms with Crippen LogP contribution in [0.1, 0.15) is 29.0 Å². The molecule has 0 radical (unpaired) electrons. The first-order valence-electron chi connectivity index (χ1n) is 11.0. The molecular weight excluding hydrogens is 424 g/mol. The van der Waals surface area contributed by atoms with E-state index in [1.165, 1.54) is 4.31 Å². The lowest BCUT2D eigenvalue weighted by molar-refractivity contribution is 0.0691. The number of hydrogen-bond donors (Lipinski definition) is 0. The number of carbonyl (C=O) groups excluding carboxylic acids is 1. The number of rotatable bonds is 4. The zero-order valence-electron chi connectivity index (χ0n) is 17.9. The summed E-state index contributed by atoms with van der Waals surface area (Å²) in [6.45, 7) is 2.15. The zero-order valence-corrected chi connectivity index (χ0v) is 18.7. The van der Waals surface area contributed by atoms with E-state index in [1.807, 2.05) is 53.2 Å². The summed E-state index contributed by atoms with van der Waals surface area (Å²) in [6.07, 6.45) is 3.17. The molecule has 1 amide bonds. The zero-order chi connectivity index (χ0) is 22.1. The van der Waals surface area contributed by atoms with Crippen LogP contribution in [0.5, 0.6) is 0 Å². The van der Waals surface area contributed by atoms with Gasteiger partial charge in [-0.05, 0) is 48.6 Å². The minimum Gasteiger partial charge on any atom is -0.335 e. The summed E-state index contributed by atoms with van der Waals surface area (Å²) in [4.78, 5) is 14.9. The summed E-state index contributed by atoms with van der Waals surface area (Å²) < 4.78 is 29.6. The molecule has 0 N–H and O–H groups in total. The van der Waals surface area contributed by atoms with Gasteiger partial charge in [-0.1, -0.05) is 42.5 Å². The van der Waals surface area contributed by atoms with Crippen LogP contribution in [-0.2, 0) is 23.0 Å². The van der Waals surface area contributed by atoms with E-state index in [9.17, 15) is 13.2 Å². The van der Waals surface area contributed by atoms with Gasteiger partial charge in [0.15, 0.2) is 5.69 Å². The van der Waals surface area contributed by atoms with Gasteiger partial charge in [-0.2, -0.15) is 9.40 Å². The van der Waals surface area contributed by atoms with Crippen molar-refractivity contribution in [3.63, 3.8) is 0 Å². The standard InChI is InChI=1S/C24H26N4O3S/c29-24(23-18-21-8-4-5-13-28(21)25-23)26-14-16-27(17-15-26)32(30,31)22-11-9-20(10-12-22)19-6-2-1-3-7-19/h1-3,6-7,9-12,18H,4-5,8,13-17H2. The number of nitrogens with zero attached hydrogens (tertiary/aromatic N) is 4. The fourth-order valence-corrected chi connectivity index (χ4v) is 5.84. The number of amides is 1. The molecule has 0 atom stereocenters. The Labute approximate surface area is 188 Å². The van der Waals surface area contributed by atoms with Gasteiger partial charge in [0.1, 0.15) is 0 Å². The third-order valence-corrected chi connectivity index (χ3v) is 8.17. The van der Waals surface area contributed by atoms with E-state index in [-0.39, 0.29) is 23.9 Å². The minimum absolute atomic E-state index is 0.115. The maximum absolute atomic E-state index is 13.1. The number of carbonyl (C=O) groups is 1. The number of hydrogen-bond acceptors (Lipinski definition) is 4. The Hall–Kier alpha value is -2.97. The summed E-state index contributed by atoms with van der Waals surface area (Å²) in [5, 5.41) is 4.47. The topological polar surface area (TPSA) is 75.5 Å². The quantitative estimate of drug-likeness (QED) is 0.612. The molecule has 8 heteroatoms. The number of piperazine rings is 1. The predicted molar refractivity (Wildman–Crippen MR) is 122 cm³/mol. The molecule has 0 bridgehead atoms. The molecule has 1 aromatic heterocycles. The van der Waals surface area contributed by atoms with Crippen molar-refractivity contribution < 1.29 is 13.2 Å². The summed E-state index contributed by atoms with van der Waals surface area (Å²) in [6, 6.07) is 18.7. The summed E-state index contributed by atoms with van der Waals surface area (Å²) >= 11 is 0. The van der Waals surface area contributed by atoms with Gasteiger partial charge in [0.2, 0.25) is 10.0 Å². The molecule has 5 rings (SSSR count). The summed E-state index contributed by atoms with van der Waals surface area (Å²) in [7, 11) is -3.60. The van der Waals surface area contributed by atoms with Crippen LogP contribution in [0, 0.1) is 0 Å². The molecular formula is C24H26N4O3S. The average Bonchev–Trinajstić information content (AvgIpc) is 3.29. The Bertz CT molecular complexity index is 1190. The highest BCUT2D eigenvalue weighted by atomic mass is 32.2. The Morgan fingerprint density at radius 2 is 1.50 bits per heavy atom. The van der Waals surface area contributed by atoms with Crippen molar-refractivity contribution in [2.75, 3.05) is 26.2 Å². The lowest BCUT2D eigenvalue weighted by Gasteiger charge is -2.33. The first-order chi connectivity index (χ1) is 15.5. The molecule has 0 aliphatic carbocycles. The fourth-order valence-electron chi connectivity index (χ4n) is 4.42. The van der Waals surface area contributed by atoms with Crippen LogP contribution in [-0.4, -0.2) is 59.5 Å². The molecule has 2 aliphatic rings. The van der Waals surface area contributed by atoms with Crippen molar-refractivity contribution in [1.29, 1.82) is 0 Å². The van der Waals surface area contributed by atoms with Crippen molar-refractivity contribution in [2.24, 2.45) is 0 Å². The number of fused-ring (bicyclic) bond motifs is 1. The van der Waals surface area contributed by atoms with Gasteiger partial charge >= 0.3 is 0 Å². The molecule has 3 heterocycles. The molecule has 0 spiro atoms. The lowest BCUT2D eigenvalue weighted by atomic mass is 10.1. The lowest BCUT2D eigenvalue weighted by Crippen LogP contribution is -2.50. The van der Waals surface area contributed by atoms with E-state index in [1.54, 1.807) is 17.0 Å². The van der Waals surface area contributed by atoms with E-state index in [0.29, 0.717) is 18.8 Å². The van der Waals surface area contributed by atoms with E-state index < -0.39 is 10.0 Å². The predicted octanol–water partition coefficient (Wildman–Crippen LogP) is 3.03. The second kappa shape index (κ2) is 8.52. The fraction of sp³-hybridized carbons (Fsp3) is 0.333. The largest absolute Gasteiger partial charge is 0.335 e. The molecule has 32 heavy (non-hydrogen) atoms. The van der Waals surface area contributed by atoms with Gasteiger partial charge in [-0.25, -0.2) is 8.42 Å². The molecule has 1 fully saturated rings. The Morgan fingerprint density at radius 3 is 2.19 bits per heavy atom. The number of aryl methyl sites for hydroxylation is 2. The SMILES string of the molecule is O=C(c1cc2n(n1)CCCC2)N1CCN(S(=O)(=O)c2ccc(-c3ccccc3)cc2)CC1. The highest BCUT2D eigenvalue weighted by molar-refractivity contribution is 7.89. The van der Waals surface area contributed by atoms with Crippen molar-refractivity contribution >= 4 is 15.9 Å². The van der Waals surface area contributed by atoms with Crippen LogP contribution >= 0.6 is 0 Å². The van der Waals surface area contributed by atoms with Crippen molar-refractivity contribution in [3.05, 3.63) is 72.1 Å². The highest BCUT2D eigenvalue weighted by Gasteiger charge is 2.31. The van der Waals surface area contributed by atoms with Crippen LogP contribution < -0.4 is 0 Å². The van der Waals surface area contributed by atoms with Crippen molar-refractivity contribution in [2.45, 2.75) is 30.7 Å². The van der Waals surface area contributed by atoms with Gasteiger partial charge in [-0.15, -0.1) is 0 Å². The highest BCUT2D eigenvalue weighted by Crippen LogP contribution is 2.24. The Balaban J connectivity index is 1.25. The van der Waals surface area contributed by atoms with E-state index in [2.05, 4.69) is 5.10 Å². The molecule has 7 nitrogen and oxygen atoms in total. The summed E-state index contributed by atoms with van der Waals surface area (Å²) in [5.41, 5.74) is 3.60. The summed E-state index contributed by atoms with van der Waals surface area (Å²) in [5.74, 6) is -0.115. The van der Waals surface area contributed by atoms with Crippen LogP contribution in [0.15, 0.2) is 65.6 Å². The van der Waals surface area contributed by atoms with Crippen molar-refractivity contribution in [3.8, 4) is 11.1 Å². The van der Waals surface area contributed by atoms with E-state index >= 15 is 0 Å². The second-order valence-electron chi connectivity index (χ2n) is 8.29. The van der Waals surface area contributed by atoms with E-state index in [0.717, 1.165) is 42.6 Å². The van der Waals surface area contributed by atoms with Crippen LogP contribution in [0.4, 0.5) is 0 Å². The first-order valence-corrected chi connectivity index (χ1v) is 12.5. The molecule has 0 saturated carbocycles. The third-order valence-electron chi connectivity index (χ3n) is 6.26. The maximum atomic E-state index is 13.1. The molecule has 2 aliphatic heterocycles. The number of benzene rings is 2. The third kappa shape index (κ3) is 3.96. The molecule has 0 unspecified atom stereocenters. The molecule has 2 aromatic carbocycles. The van der Waals surface area contributed by atoms with Gasteiger partial charge in [0.05, 0.1) is 4.90 Å². The number of sulfonamides is 1. The van der Waals surface area contributed by atoms with Crippen LogP contribution in [0.25, 0.3) is 11.1 Å². The monoisotopic (exact) mass is 450 g/mol. The average molecular weight is 451 g/mol. The number of aromatic nitrogens is 2. The van der Waals surface area contributed by atoms with Crippen LogP contribution in [0.3, 0.4) is 0 Å². The Morgan fingerprint density at radius 1 is 0.812 bits per heavy atom. The molecule has 1 saturated heterocycles. The smallest absolute Gasteiger partial charge is 0.274 e. The first kappa shape index (κ1) is 20.9. The minimum atomic E-state index is -3.60. The molecule has 3 aromatic rings.